The third kappa shape index (κ3) is 3.19. The third-order valence-electron chi connectivity index (χ3n) is 3.65. The van der Waals surface area contributed by atoms with Crippen molar-refractivity contribution in [3.63, 3.8) is 0 Å². The largest absolute Gasteiger partial charge is 0.325 e. The van der Waals surface area contributed by atoms with Crippen LogP contribution in [0.1, 0.15) is 49.2 Å². The molecule has 1 heterocycles. The summed E-state index contributed by atoms with van der Waals surface area (Å²) in [7, 11) is 0. The van der Waals surface area contributed by atoms with Crippen molar-refractivity contribution in [1.29, 1.82) is 0 Å². The molecule has 1 aliphatic carbocycles. The van der Waals surface area contributed by atoms with Gasteiger partial charge in [0, 0.05) is 12.5 Å². The summed E-state index contributed by atoms with van der Waals surface area (Å²) in [5.41, 5.74) is 5.74. The number of anilines is 1. The second-order valence-corrected chi connectivity index (χ2v) is 6.41. The summed E-state index contributed by atoms with van der Waals surface area (Å²) in [6, 6.07) is 0. The van der Waals surface area contributed by atoms with Crippen LogP contribution in [0.5, 0.6) is 0 Å². The van der Waals surface area contributed by atoms with E-state index in [0.717, 1.165) is 25.7 Å². The first-order valence-corrected chi connectivity index (χ1v) is 7.28. The third-order valence-corrected chi connectivity index (χ3v) is 4.67. The van der Waals surface area contributed by atoms with Gasteiger partial charge in [0.05, 0.1) is 17.0 Å². The van der Waals surface area contributed by atoms with Crippen molar-refractivity contribution in [3.05, 3.63) is 11.1 Å². The Morgan fingerprint density at radius 2 is 2.26 bits per heavy atom. The Labute approximate surface area is 116 Å². The lowest BCUT2D eigenvalue weighted by Crippen LogP contribution is -2.51. The van der Waals surface area contributed by atoms with Crippen LogP contribution in [0.25, 0.3) is 0 Å². The number of aromatic nitrogens is 1. The predicted octanol–water partition coefficient (Wildman–Crippen LogP) is 2.19. The molecule has 0 saturated heterocycles. The number of Topliss-reactive ketones (excluding diaryl/α,β-unsaturated/α-hetero) is 1. The lowest BCUT2D eigenvalue weighted by molar-refractivity contribution is -0.122. The van der Waals surface area contributed by atoms with Gasteiger partial charge in [0.1, 0.15) is 0 Å². The maximum atomic E-state index is 12.3. The maximum Gasteiger partial charge on any atom is 0.231 e. The highest BCUT2D eigenvalue weighted by molar-refractivity contribution is 7.17. The number of nitrogens with one attached hydrogen (secondary N) is 1. The standard InChI is InChI=1S/C13H19N3O2S/c1-8(17)10-7-15-12(19-10)16-11(18)9-5-3-4-6-13(9,2)14/h7,9H,3-6,14H2,1-2H3,(H,15,16,18). The molecule has 0 spiro atoms. The Balaban J connectivity index is 2.05. The molecule has 3 N–H and O–H groups in total. The molecular weight excluding hydrogens is 262 g/mol. The molecule has 0 bridgehead atoms. The van der Waals surface area contributed by atoms with Crippen LogP contribution in [0, 0.1) is 5.92 Å². The highest BCUT2D eigenvalue weighted by Crippen LogP contribution is 2.32. The molecule has 1 aromatic heterocycles. The minimum absolute atomic E-state index is 0.0423. The van der Waals surface area contributed by atoms with Crippen molar-refractivity contribution in [2.24, 2.45) is 11.7 Å². The number of thiazole rings is 1. The predicted molar refractivity (Wildman–Crippen MR) is 75.3 cm³/mol. The monoisotopic (exact) mass is 281 g/mol. The van der Waals surface area contributed by atoms with Gasteiger partial charge in [0.25, 0.3) is 0 Å². The molecule has 19 heavy (non-hydrogen) atoms. The van der Waals surface area contributed by atoms with Gasteiger partial charge in [-0.05, 0) is 19.8 Å². The van der Waals surface area contributed by atoms with Gasteiger partial charge in [-0.3, -0.25) is 9.59 Å². The smallest absolute Gasteiger partial charge is 0.231 e. The molecule has 1 aliphatic rings. The van der Waals surface area contributed by atoms with E-state index in [4.69, 9.17) is 5.73 Å². The van der Waals surface area contributed by atoms with Gasteiger partial charge in [0.2, 0.25) is 5.91 Å². The molecule has 2 atom stereocenters. The molecule has 5 nitrogen and oxygen atoms in total. The van der Waals surface area contributed by atoms with Crippen LogP contribution in [0.4, 0.5) is 5.13 Å². The molecule has 6 heteroatoms. The fourth-order valence-electron chi connectivity index (χ4n) is 2.48. The zero-order valence-electron chi connectivity index (χ0n) is 11.2. The number of carbonyl (C=O) groups excluding carboxylic acids is 2. The zero-order valence-corrected chi connectivity index (χ0v) is 12.0. The molecular formula is C13H19N3O2S. The van der Waals surface area contributed by atoms with E-state index in [1.807, 2.05) is 6.92 Å². The van der Waals surface area contributed by atoms with Crippen molar-refractivity contribution in [2.45, 2.75) is 45.1 Å². The van der Waals surface area contributed by atoms with E-state index in [9.17, 15) is 9.59 Å². The Hall–Kier alpha value is -1.27. The van der Waals surface area contributed by atoms with Gasteiger partial charge in [-0.1, -0.05) is 24.2 Å². The van der Waals surface area contributed by atoms with E-state index >= 15 is 0 Å². The topological polar surface area (TPSA) is 85.1 Å². The molecule has 1 amide bonds. The summed E-state index contributed by atoms with van der Waals surface area (Å²) in [5, 5.41) is 3.25. The minimum Gasteiger partial charge on any atom is -0.325 e. The highest BCUT2D eigenvalue weighted by atomic mass is 32.1. The van der Waals surface area contributed by atoms with Crippen LogP contribution < -0.4 is 11.1 Å². The van der Waals surface area contributed by atoms with Crippen molar-refractivity contribution >= 4 is 28.2 Å². The van der Waals surface area contributed by atoms with Crippen molar-refractivity contribution in [1.82, 2.24) is 4.98 Å². The normalized spacial score (nSPS) is 27.0. The quantitative estimate of drug-likeness (QED) is 0.832. The lowest BCUT2D eigenvalue weighted by atomic mass is 9.74. The summed E-state index contributed by atoms with van der Waals surface area (Å²) in [4.78, 5) is 28.0. The maximum absolute atomic E-state index is 12.3. The van der Waals surface area contributed by atoms with Gasteiger partial charge in [-0.25, -0.2) is 4.98 Å². The fraction of sp³-hybridized carbons (Fsp3) is 0.615. The number of nitrogens with zero attached hydrogens (tertiary/aromatic N) is 1. The van der Waals surface area contributed by atoms with Crippen LogP contribution in [-0.4, -0.2) is 22.2 Å². The van der Waals surface area contributed by atoms with Gasteiger partial charge < -0.3 is 11.1 Å². The average molecular weight is 281 g/mol. The Morgan fingerprint density at radius 3 is 2.84 bits per heavy atom. The first-order valence-electron chi connectivity index (χ1n) is 6.46. The lowest BCUT2D eigenvalue weighted by Gasteiger charge is -2.36. The number of carbonyl (C=O) groups is 2. The van der Waals surface area contributed by atoms with Crippen molar-refractivity contribution in [2.75, 3.05) is 5.32 Å². The summed E-state index contributed by atoms with van der Waals surface area (Å²) in [6.45, 7) is 3.41. The average Bonchev–Trinajstić information content (AvgIpc) is 2.76. The van der Waals surface area contributed by atoms with E-state index in [-0.39, 0.29) is 17.6 Å². The van der Waals surface area contributed by atoms with Crippen molar-refractivity contribution in [3.8, 4) is 0 Å². The number of nitrogens with two attached hydrogens (primary N) is 1. The van der Waals surface area contributed by atoms with Crippen LogP contribution in [0.2, 0.25) is 0 Å². The first kappa shape index (κ1) is 14.1. The Bertz CT molecular complexity index is 496. The second kappa shape index (κ2) is 5.38. The van der Waals surface area contributed by atoms with E-state index in [1.54, 1.807) is 0 Å². The summed E-state index contributed by atoms with van der Waals surface area (Å²) in [6.07, 6.45) is 5.26. The van der Waals surface area contributed by atoms with Crippen LogP contribution >= 0.6 is 11.3 Å². The molecule has 1 saturated carbocycles. The summed E-state index contributed by atoms with van der Waals surface area (Å²) < 4.78 is 0. The van der Waals surface area contributed by atoms with Crippen LogP contribution in [0.3, 0.4) is 0 Å². The van der Waals surface area contributed by atoms with Crippen LogP contribution in [-0.2, 0) is 4.79 Å². The number of ketones is 1. The van der Waals surface area contributed by atoms with Crippen molar-refractivity contribution < 1.29 is 9.59 Å². The van der Waals surface area contributed by atoms with E-state index in [2.05, 4.69) is 10.3 Å². The molecule has 1 fully saturated rings. The molecule has 0 radical (unpaired) electrons. The number of hydrogen-bond donors (Lipinski definition) is 2. The molecule has 1 aromatic rings. The SMILES string of the molecule is CC(=O)c1cnc(NC(=O)C2CCCCC2(C)N)s1. The van der Waals surface area contributed by atoms with E-state index in [0.29, 0.717) is 10.0 Å². The second-order valence-electron chi connectivity index (χ2n) is 5.38. The highest BCUT2D eigenvalue weighted by Gasteiger charge is 2.38. The Morgan fingerprint density at radius 1 is 1.53 bits per heavy atom. The zero-order chi connectivity index (χ0) is 14.0. The molecule has 0 aliphatic heterocycles. The minimum atomic E-state index is -0.455. The van der Waals surface area contributed by atoms with E-state index < -0.39 is 5.54 Å². The van der Waals surface area contributed by atoms with Gasteiger partial charge in [-0.15, -0.1) is 0 Å². The van der Waals surface area contributed by atoms with Gasteiger partial charge in [-0.2, -0.15) is 0 Å². The van der Waals surface area contributed by atoms with Gasteiger partial charge in [0.15, 0.2) is 10.9 Å². The van der Waals surface area contributed by atoms with E-state index in [1.165, 1.54) is 24.5 Å². The summed E-state index contributed by atoms with van der Waals surface area (Å²) >= 11 is 1.20. The number of amides is 1. The fourth-order valence-corrected chi connectivity index (χ4v) is 3.19. The number of hydrogen-bond acceptors (Lipinski definition) is 5. The molecule has 2 unspecified atom stereocenters. The molecule has 104 valence electrons. The van der Waals surface area contributed by atoms with Crippen LogP contribution in [0.15, 0.2) is 6.20 Å². The first-order chi connectivity index (χ1) is 8.90. The summed E-state index contributed by atoms with van der Waals surface area (Å²) in [5.74, 6) is -0.320. The molecule has 2 rings (SSSR count). The molecule has 0 aromatic carbocycles. The Kier molecular flexibility index (Phi) is 4.01. The number of rotatable bonds is 3. The van der Waals surface area contributed by atoms with Gasteiger partial charge >= 0.3 is 0 Å².